The van der Waals surface area contributed by atoms with Crippen molar-refractivity contribution in [3.63, 3.8) is 0 Å². The van der Waals surface area contributed by atoms with Crippen LogP contribution >= 0.6 is 0 Å². The van der Waals surface area contributed by atoms with Gasteiger partial charge in [-0.25, -0.2) is 9.97 Å². The summed E-state index contributed by atoms with van der Waals surface area (Å²) in [5, 5.41) is 10.1. The molecule has 0 amide bonds. The Morgan fingerprint density at radius 1 is 0.390 bits per heavy atom. The van der Waals surface area contributed by atoms with E-state index >= 15 is 0 Å². The highest BCUT2D eigenvalue weighted by Gasteiger charge is 2.25. The molecule has 9 aromatic carbocycles. The normalized spacial score (nSPS) is 12.1. The van der Waals surface area contributed by atoms with Gasteiger partial charge in [0.15, 0.2) is 0 Å². The number of para-hydroxylation sites is 3. The number of furan rings is 1. The van der Waals surface area contributed by atoms with E-state index in [4.69, 9.17) is 14.4 Å². The summed E-state index contributed by atoms with van der Waals surface area (Å²) in [6, 6.07) is 68.9. The van der Waals surface area contributed by atoms with E-state index in [0.29, 0.717) is 5.95 Å². The van der Waals surface area contributed by atoms with Crippen LogP contribution in [0.4, 0.5) is 0 Å². The van der Waals surface area contributed by atoms with E-state index in [2.05, 4.69) is 197 Å². The fraction of sp³-hybridized carbons (Fsp3) is 0. The number of fused-ring (bicyclic) bond motifs is 13. The van der Waals surface area contributed by atoms with Crippen LogP contribution in [-0.4, -0.2) is 19.1 Å². The molecule has 0 aliphatic carbocycles. The molecule has 0 aliphatic rings. The van der Waals surface area contributed by atoms with Crippen LogP contribution < -0.4 is 0 Å². The van der Waals surface area contributed by atoms with Crippen LogP contribution in [0, 0.1) is 0 Å². The zero-order valence-electron chi connectivity index (χ0n) is 31.7. The Morgan fingerprint density at radius 2 is 1.10 bits per heavy atom. The van der Waals surface area contributed by atoms with E-state index in [1.807, 2.05) is 6.07 Å². The monoisotopic (exact) mass is 752 g/mol. The largest absolute Gasteiger partial charge is 0.455 e. The van der Waals surface area contributed by atoms with Gasteiger partial charge in [-0.3, -0.25) is 4.57 Å². The zero-order valence-corrected chi connectivity index (χ0v) is 31.7. The molecular formula is C54H32N4O. The van der Waals surface area contributed by atoms with Gasteiger partial charge in [0.05, 0.1) is 38.7 Å². The van der Waals surface area contributed by atoms with Gasteiger partial charge >= 0.3 is 0 Å². The molecule has 13 aromatic rings. The van der Waals surface area contributed by atoms with Crippen LogP contribution in [0.25, 0.3) is 121 Å². The summed E-state index contributed by atoms with van der Waals surface area (Å²) in [5.74, 6) is 0.630. The number of aromatic nitrogens is 4. The van der Waals surface area contributed by atoms with Crippen molar-refractivity contribution >= 4 is 87.2 Å². The van der Waals surface area contributed by atoms with Crippen molar-refractivity contribution in [2.45, 2.75) is 0 Å². The highest BCUT2D eigenvalue weighted by atomic mass is 16.3. The summed E-state index contributed by atoms with van der Waals surface area (Å²) < 4.78 is 11.5. The first-order chi connectivity index (χ1) is 29.3. The van der Waals surface area contributed by atoms with Gasteiger partial charge in [0.1, 0.15) is 11.2 Å². The molecule has 0 radical (unpaired) electrons. The lowest BCUT2D eigenvalue weighted by Gasteiger charge is -2.13. The van der Waals surface area contributed by atoms with E-state index < -0.39 is 0 Å². The van der Waals surface area contributed by atoms with Gasteiger partial charge in [-0.1, -0.05) is 133 Å². The van der Waals surface area contributed by atoms with Crippen LogP contribution in [-0.2, 0) is 0 Å². The predicted molar refractivity (Wildman–Crippen MR) is 244 cm³/mol. The Balaban J connectivity index is 1.16. The summed E-state index contributed by atoms with van der Waals surface area (Å²) in [6.45, 7) is 0. The Bertz CT molecular complexity index is 3850. The van der Waals surface area contributed by atoms with Gasteiger partial charge < -0.3 is 8.98 Å². The van der Waals surface area contributed by atoms with E-state index in [-0.39, 0.29) is 0 Å². The van der Waals surface area contributed by atoms with Gasteiger partial charge in [-0.2, -0.15) is 0 Å². The molecule has 0 bridgehead atoms. The van der Waals surface area contributed by atoms with Crippen molar-refractivity contribution < 1.29 is 4.42 Å². The van der Waals surface area contributed by atoms with Gasteiger partial charge in [0.25, 0.3) is 0 Å². The average molecular weight is 753 g/mol. The van der Waals surface area contributed by atoms with E-state index in [1.54, 1.807) is 0 Å². The van der Waals surface area contributed by atoms with Crippen molar-refractivity contribution in [1.82, 2.24) is 19.1 Å². The molecule has 0 N–H and O–H groups in total. The van der Waals surface area contributed by atoms with Gasteiger partial charge in [0, 0.05) is 43.6 Å². The maximum atomic E-state index is 6.77. The maximum Gasteiger partial charge on any atom is 0.235 e. The quantitative estimate of drug-likeness (QED) is 0.180. The van der Waals surface area contributed by atoms with Crippen molar-refractivity contribution in [1.29, 1.82) is 0 Å². The van der Waals surface area contributed by atoms with Gasteiger partial charge in [-0.15, -0.1) is 0 Å². The lowest BCUT2D eigenvalue weighted by atomic mass is 10.0. The molecule has 13 rings (SSSR count). The predicted octanol–water partition coefficient (Wildman–Crippen LogP) is 14.2. The first-order valence-electron chi connectivity index (χ1n) is 20.0. The molecule has 4 aromatic heterocycles. The molecule has 4 heterocycles. The molecule has 274 valence electrons. The second-order valence-electron chi connectivity index (χ2n) is 15.3. The third-order valence-corrected chi connectivity index (χ3v) is 12.1. The summed E-state index contributed by atoms with van der Waals surface area (Å²) in [7, 11) is 0. The van der Waals surface area contributed by atoms with Crippen molar-refractivity contribution in [2.24, 2.45) is 0 Å². The number of nitrogens with zero attached hydrogens (tertiary/aromatic N) is 4. The SMILES string of the molecule is c1ccc(-c2cccc(-n3c4ccc5c6ccccc6oc5c4c4ccc5c(c6ccccc6n5-c5nc(-c6ccc7ccccc7c6)c6ccccc6n5)c43)c2)cc1. The van der Waals surface area contributed by atoms with Gasteiger partial charge in [-0.05, 0) is 82.6 Å². The number of rotatable bonds is 4. The molecule has 0 fully saturated rings. The standard InChI is InChI=1S/C54H32N4O/c1-2-13-33(14-3-1)36-17-12-18-38(32-36)57-47-29-27-40-39-19-8-11-24-48(39)59-53(40)50(47)43-28-30-46-49(52(43)57)42-21-7-10-23-45(42)58(46)54-55-44-22-9-6-20-41(44)51(56-54)37-26-25-34-15-4-5-16-35(34)31-37/h1-32H. The summed E-state index contributed by atoms with van der Waals surface area (Å²) in [4.78, 5) is 10.8. The Hall–Kier alpha value is -8.02. The van der Waals surface area contributed by atoms with Crippen LogP contribution in [0.1, 0.15) is 0 Å². The Kier molecular flexibility index (Phi) is 6.66. The number of hydrogen-bond donors (Lipinski definition) is 0. The number of benzene rings is 9. The average Bonchev–Trinajstić information content (AvgIpc) is 3.96. The van der Waals surface area contributed by atoms with Crippen molar-refractivity contribution in [3.8, 4) is 34.0 Å². The molecule has 0 atom stereocenters. The molecule has 5 nitrogen and oxygen atoms in total. The third-order valence-electron chi connectivity index (χ3n) is 12.1. The molecule has 0 saturated carbocycles. The minimum atomic E-state index is 0.630. The second-order valence-corrected chi connectivity index (χ2v) is 15.3. The molecule has 0 spiro atoms. The maximum absolute atomic E-state index is 6.77. The summed E-state index contributed by atoms with van der Waals surface area (Å²) in [6.07, 6.45) is 0. The first kappa shape index (κ1) is 32.1. The number of hydrogen-bond acceptors (Lipinski definition) is 3. The highest BCUT2D eigenvalue weighted by Crippen LogP contribution is 2.46. The summed E-state index contributed by atoms with van der Waals surface area (Å²) >= 11 is 0. The highest BCUT2D eigenvalue weighted by molar-refractivity contribution is 6.31. The fourth-order valence-electron chi connectivity index (χ4n) is 9.48. The summed E-state index contributed by atoms with van der Waals surface area (Å²) in [5.41, 5.74) is 12.3. The smallest absolute Gasteiger partial charge is 0.235 e. The van der Waals surface area contributed by atoms with Crippen molar-refractivity contribution in [2.75, 3.05) is 0 Å². The lowest BCUT2D eigenvalue weighted by molar-refractivity contribution is 0.673. The van der Waals surface area contributed by atoms with Gasteiger partial charge in [0.2, 0.25) is 5.95 Å². The Morgan fingerprint density at radius 3 is 2.00 bits per heavy atom. The van der Waals surface area contributed by atoms with E-state index in [9.17, 15) is 0 Å². The van der Waals surface area contributed by atoms with Crippen LogP contribution in [0.5, 0.6) is 0 Å². The molecule has 0 saturated heterocycles. The minimum absolute atomic E-state index is 0.630. The molecular weight excluding hydrogens is 721 g/mol. The van der Waals surface area contributed by atoms with Crippen LogP contribution in [0.15, 0.2) is 199 Å². The first-order valence-corrected chi connectivity index (χ1v) is 20.0. The third kappa shape index (κ3) is 4.67. The fourth-order valence-corrected chi connectivity index (χ4v) is 9.48. The molecule has 0 unspecified atom stereocenters. The van der Waals surface area contributed by atoms with Crippen LogP contribution in [0.2, 0.25) is 0 Å². The molecule has 0 aliphatic heterocycles. The second kappa shape index (κ2) is 12.2. The lowest BCUT2D eigenvalue weighted by Crippen LogP contribution is -2.03. The molecule has 59 heavy (non-hydrogen) atoms. The van der Waals surface area contributed by atoms with Crippen molar-refractivity contribution in [3.05, 3.63) is 194 Å². The zero-order chi connectivity index (χ0) is 38.6. The van der Waals surface area contributed by atoms with Crippen LogP contribution in [0.3, 0.4) is 0 Å². The molecule has 5 heteroatoms. The van der Waals surface area contributed by atoms with E-state index in [0.717, 1.165) is 99.0 Å². The minimum Gasteiger partial charge on any atom is -0.455 e. The van der Waals surface area contributed by atoms with E-state index in [1.165, 1.54) is 16.3 Å². The Labute approximate surface area is 337 Å². The topological polar surface area (TPSA) is 48.8 Å².